The molecule has 1 atom stereocenters. The molecule has 0 aromatic heterocycles. The number of piperazine rings is 1. The third-order valence-electron chi connectivity index (χ3n) is 6.12. The number of carbonyl (C=O) groups excluding carboxylic acids is 1. The van der Waals surface area contributed by atoms with Crippen LogP contribution in [0, 0.1) is 0 Å². The zero-order chi connectivity index (χ0) is 15.2. The van der Waals surface area contributed by atoms with E-state index in [1.807, 2.05) is 9.80 Å². The largest absolute Gasteiger partial charge is 0.320 e. The maximum Gasteiger partial charge on any atom is 0.320 e. The van der Waals surface area contributed by atoms with E-state index in [1.165, 1.54) is 0 Å². The van der Waals surface area contributed by atoms with Crippen LogP contribution in [0.15, 0.2) is 0 Å². The van der Waals surface area contributed by atoms with Crippen molar-refractivity contribution in [3.63, 3.8) is 0 Å². The van der Waals surface area contributed by atoms with Crippen molar-refractivity contribution in [2.45, 2.75) is 54.5 Å². The number of nitrogens with zero attached hydrogens (tertiary/aromatic N) is 2. The predicted octanol–water partition coefficient (Wildman–Crippen LogP) is -0.547. The highest BCUT2D eigenvalue weighted by atomic mass is 32.2. The molecule has 0 radical (unpaired) electrons. The summed E-state index contributed by atoms with van der Waals surface area (Å²) in [4.78, 5) is 16.6. The Kier molecular flexibility index (Phi) is 2.44. The van der Waals surface area contributed by atoms with E-state index in [1.54, 1.807) is 0 Å². The molecule has 2 N–H and O–H groups in total. The van der Waals surface area contributed by atoms with Crippen molar-refractivity contribution in [2.75, 3.05) is 26.2 Å². The molecule has 4 aliphatic carbocycles. The third-order valence-corrected chi connectivity index (χ3v) is 8.18. The van der Waals surface area contributed by atoms with Gasteiger partial charge in [0.25, 0.3) is 0 Å². The van der Waals surface area contributed by atoms with Gasteiger partial charge in [-0.25, -0.2) is 17.9 Å². The lowest BCUT2D eigenvalue weighted by Crippen LogP contribution is -2.84. The van der Waals surface area contributed by atoms with Crippen LogP contribution in [0.1, 0.15) is 32.1 Å². The van der Waals surface area contributed by atoms with Gasteiger partial charge in [-0.15, -0.1) is 0 Å². The van der Waals surface area contributed by atoms with Crippen LogP contribution in [-0.4, -0.2) is 72.8 Å². The molecule has 2 bridgehead atoms. The van der Waals surface area contributed by atoms with E-state index >= 15 is 0 Å². The van der Waals surface area contributed by atoms with Gasteiger partial charge in [0.1, 0.15) is 0 Å². The summed E-state index contributed by atoms with van der Waals surface area (Å²) in [6, 6.07) is 0.444. The zero-order valence-electron chi connectivity index (χ0n) is 12.5. The van der Waals surface area contributed by atoms with Gasteiger partial charge in [-0.3, -0.25) is 0 Å². The third kappa shape index (κ3) is 1.68. The molecule has 2 heterocycles. The number of amides is 2. The first kappa shape index (κ1) is 13.6. The van der Waals surface area contributed by atoms with Crippen molar-refractivity contribution < 1.29 is 13.2 Å². The number of hydrogen-bond donors (Lipinski definition) is 2. The molecule has 4 saturated carbocycles. The SMILES string of the molecule is O=C1N2CCNC[C@H]2CN1C12CC(NS(=O)(=O)C3CC3)(C1)C2. The quantitative estimate of drug-likeness (QED) is 0.726. The Hall–Kier alpha value is -0.860. The van der Waals surface area contributed by atoms with Crippen LogP contribution in [0.25, 0.3) is 0 Å². The van der Waals surface area contributed by atoms with Gasteiger partial charge < -0.3 is 15.1 Å². The number of urea groups is 1. The molecule has 6 rings (SSSR count). The average molecular weight is 326 g/mol. The Balaban J connectivity index is 1.27. The Labute approximate surface area is 130 Å². The van der Waals surface area contributed by atoms with Gasteiger partial charge in [0.15, 0.2) is 0 Å². The fraction of sp³-hybridized carbons (Fsp3) is 0.929. The summed E-state index contributed by atoms with van der Waals surface area (Å²) in [7, 11) is -3.13. The van der Waals surface area contributed by atoms with Gasteiger partial charge in [-0.05, 0) is 32.1 Å². The molecule has 2 amide bonds. The minimum absolute atomic E-state index is 0.0690. The van der Waals surface area contributed by atoms with E-state index in [0.717, 1.165) is 58.3 Å². The lowest BCUT2D eigenvalue weighted by atomic mass is 9.44. The van der Waals surface area contributed by atoms with Crippen LogP contribution in [0.3, 0.4) is 0 Å². The molecular formula is C14H22N4O3S. The molecule has 2 aliphatic heterocycles. The van der Waals surface area contributed by atoms with Gasteiger partial charge in [0.05, 0.1) is 16.8 Å². The average Bonchev–Trinajstić information content (AvgIpc) is 3.20. The summed E-state index contributed by atoms with van der Waals surface area (Å²) < 4.78 is 27.2. The Bertz CT molecular complexity index is 625. The van der Waals surface area contributed by atoms with Crippen molar-refractivity contribution in [1.82, 2.24) is 19.8 Å². The van der Waals surface area contributed by atoms with Crippen LogP contribution in [0.5, 0.6) is 0 Å². The van der Waals surface area contributed by atoms with Gasteiger partial charge in [-0.2, -0.15) is 0 Å². The van der Waals surface area contributed by atoms with Crippen molar-refractivity contribution in [2.24, 2.45) is 0 Å². The molecular weight excluding hydrogens is 304 g/mol. The summed E-state index contributed by atoms with van der Waals surface area (Å²) in [5.74, 6) is 0. The molecule has 0 unspecified atom stereocenters. The molecule has 122 valence electrons. The number of nitrogens with one attached hydrogen (secondary N) is 2. The van der Waals surface area contributed by atoms with Crippen molar-refractivity contribution >= 4 is 16.1 Å². The summed E-state index contributed by atoms with van der Waals surface area (Å²) >= 11 is 0. The number of fused-ring (bicyclic) bond motifs is 1. The second-order valence-electron chi connectivity index (χ2n) is 7.83. The Morgan fingerprint density at radius 2 is 1.95 bits per heavy atom. The van der Waals surface area contributed by atoms with Gasteiger partial charge in [-0.1, -0.05) is 0 Å². The summed E-state index contributed by atoms with van der Waals surface area (Å²) in [6.45, 7) is 3.32. The maximum atomic E-state index is 12.6. The minimum atomic E-state index is -3.13. The summed E-state index contributed by atoms with van der Waals surface area (Å²) in [5.41, 5.74) is -0.316. The Morgan fingerprint density at radius 3 is 2.59 bits per heavy atom. The molecule has 22 heavy (non-hydrogen) atoms. The highest BCUT2D eigenvalue weighted by molar-refractivity contribution is 7.90. The second-order valence-corrected chi connectivity index (χ2v) is 9.79. The summed E-state index contributed by atoms with van der Waals surface area (Å²) in [6.07, 6.45) is 3.98. The van der Waals surface area contributed by atoms with E-state index in [4.69, 9.17) is 0 Å². The Morgan fingerprint density at radius 1 is 1.23 bits per heavy atom. The molecule has 8 heteroatoms. The first-order valence-electron chi connectivity index (χ1n) is 8.25. The number of carbonyl (C=O) groups is 1. The molecule has 2 saturated heterocycles. The molecule has 7 nitrogen and oxygen atoms in total. The van der Waals surface area contributed by atoms with Crippen LogP contribution >= 0.6 is 0 Å². The van der Waals surface area contributed by atoms with Crippen molar-refractivity contribution in [1.29, 1.82) is 0 Å². The normalized spacial score (nSPS) is 43.6. The molecule has 0 spiro atoms. The fourth-order valence-corrected chi connectivity index (χ4v) is 6.65. The van der Waals surface area contributed by atoms with E-state index in [9.17, 15) is 13.2 Å². The van der Waals surface area contributed by atoms with Gasteiger partial charge in [0, 0.05) is 31.7 Å². The predicted molar refractivity (Wildman–Crippen MR) is 79.9 cm³/mol. The van der Waals surface area contributed by atoms with Crippen LogP contribution in [0.2, 0.25) is 0 Å². The van der Waals surface area contributed by atoms with Gasteiger partial charge in [0.2, 0.25) is 10.0 Å². The number of rotatable bonds is 4. The van der Waals surface area contributed by atoms with Crippen LogP contribution < -0.4 is 10.0 Å². The summed E-state index contributed by atoms with van der Waals surface area (Å²) in [5, 5.41) is 3.18. The topological polar surface area (TPSA) is 81.8 Å². The second kappa shape index (κ2) is 3.96. The molecule has 0 aromatic rings. The highest BCUT2D eigenvalue weighted by Gasteiger charge is 2.73. The lowest BCUT2D eigenvalue weighted by molar-refractivity contribution is -0.145. The van der Waals surface area contributed by atoms with E-state index < -0.39 is 10.0 Å². The van der Waals surface area contributed by atoms with E-state index in [0.29, 0.717) is 0 Å². The molecule has 6 fully saturated rings. The minimum Gasteiger partial charge on any atom is -0.317 e. The highest BCUT2D eigenvalue weighted by Crippen LogP contribution is 2.64. The molecule has 0 aromatic carbocycles. The first-order chi connectivity index (χ1) is 10.4. The van der Waals surface area contributed by atoms with Crippen LogP contribution in [0.4, 0.5) is 4.79 Å². The lowest BCUT2D eigenvalue weighted by Gasteiger charge is -2.72. The van der Waals surface area contributed by atoms with Crippen molar-refractivity contribution in [3.8, 4) is 0 Å². The van der Waals surface area contributed by atoms with Gasteiger partial charge >= 0.3 is 6.03 Å². The van der Waals surface area contributed by atoms with E-state index in [-0.39, 0.29) is 28.4 Å². The monoisotopic (exact) mass is 326 g/mol. The fourth-order valence-electron chi connectivity index (χ4n) is 4.91. The van der Waals surface area contributed by atoms with Crippen molar-refractivity contribution in [3.05, 3.63) is 0 Å². The molecule has 6 aliphatic rings. The number of hydrogen-bond acceptors (Lipinski definition) is 4. The first-order valence-corrected chi connectivity index (χ1v) is 9.80. The maximum absolute atomic E-state index is 12.6. The van der Waals surface area contributed by atoms with Crippen LogP contribution in [-0.2, 0) is 10.0 Å². The number of sulfonamides is 1. The standard InChI is InChI=1S/C14H22N4O3S/c19-12-17-4-3-15-5-10(17)6-18(12)14-7-13(8-14,9-14)16-22(20,21)11-1-2-11/h10-11,15-16H,1-9H2/t10-,13?,14?/m0/s1. The smallest absolute Gasteiger partial charge is 0.317 e. The van der Waals surface area contributed by atoms with E-state index in [2.05, 4.69) is 10.0 Å². The zero-order valence-corrected chi connectivity index (χ0v) is 13.4.